The monoisotopic (exact) mass is 206 g/mol. The number of carbonyl (C=O) groups is 1. The van der Waals surface area contributed by atoms with Crippen molar-refractivity contribution in [3.63, 3.8) is 0 Å². The molecule has 1 unspecified atom stereocenters. The number of fused-ring (bicyclic) bond motifs is 1. The van der Waals surface area contributed by atoms with Crippen LogP contribution in [0.2, 0.25) is 0 Å². The summed E-state index contributed by atoms with van der Waals surface area (Å²) in [6.45, 7) is 0.701. The maximum absolute atomic E-state index is 11.0. The molecule has 15 heavy (non-hydrogen) atoms. The SMILES string of the molecule is COc1ccc(N)c2c1CN(C)C2C=O. The van der Waals surface area contributed by atoms with Crippen molar-refractivity contribution in [3.8, 4) is 5.75 Å². The lowest BCUT2D eigenvalue weighted by Gasteiger charge is -2.14. The standard InChI is InChI=1S/C11H14N2O2/c1-13-5-7-10(15-2)4-3-8(12)11(7)9(13)6-14/h3-4,6,9H,5,12H2,1-2H3. The van der Waals surface area contributed by atoms with Gasteiger partial charge in [0.05, 0.1) is 13.2 Å². The number of nitrogen functional groups attached to an aromatic ring is 1. The molecule has 0 aliphatic carbocycles. The quantitative estimate of drug-likeness (QED) is 0.578. The first kappa shape index (κ1) is 9.98. The van der Waals surface area contributed by atoms with Crippen LogP contribution in [0.15, 0.2) is 12.1 Å². The first-order valence-corrected chi connectivity index (χ1v) is 4.79. The minimum Gasteiger partial charge on any atom is -0.496 e. The van der Waals surface area contributed by atoms with E-state index in [9.17, 15) is 4.79 Å². The Kier molecular flexibility index (Phi) is 2.36. The fourth-order valence-corrected chi connectivity index (χ4v) is 2.11. The van der Waals surface area contributed by atoms with Crippen molar-refractivity contribution in [1.29, 1.82) is 0 Å². The van der Waals surface area contributed by atoms with Gasteiger partial charge >= 0.3 is 0 Å². The first-order valence-electron chi connectivity index (χ1n) is 4.79. The highest BCUT2D eigenvalue weighted by Crippen LogP contribution is 2.40. The summed E-state index contributed by atoms with van der Waals surface area (Å²) in [5, 5.41) is 0. The molecular formula is C11H14N2O2. The molecule has 0 saturated carbocycles. The number of methoxy groups -OCH3 is 1. The zero-order valence-electron chi connectivity index (χ0n) is 8.86. The number of benzene rings is 1. The number of hydrogen-bond acceptors (Lipinski definition) is 4. The van der Waals surface area contributed by atoms with Gasteiger partial charge in [-0.3, -0.25) is 4.90 Å². The minimum atomic E-state index is -0.241. The summed E-state index contributed by atoms with van der Waals surface area (Å²) in [5.74, 6) is 0.801. The van der Waals surface area contributed by atoms with Crippen LogP contribution in [0, 0.1) is 0 Å². The van der Waals surface area contributed by atoms with Crippen LogP contribution in [0.1, 0.15) is 17.2 Å². The van der Waals surface area contributed by atoms with Crippen LogP contribution >= 0.6 is 0 Å². The van der Waals surface area contributed by atoms with Crippen LogP contribution < -0.4 is 10.5 Å². The zero-order valence-corrected chi connectivity index (χ0v) is 8.86. The molecule has 1 aliphatic rings. The fraction of sp³-hybridized carbons (Fsp3) is 0.364. The summed E-state index contributed by atoms with van der Waals surface area (Å²) in [7, 11) is 3.53. The Morgan fingerprint density at radius 3 is 2.93 bits per heavy atom. The lowest BCUT2D eigenvalue weighted by Crippen LogP contribution is -2.17. The van der Waals surface area contributed by atoms with Gasteiger partial charge in [-0.1, -0.05) is 0 Å². The molecule has 0 bridgehead atoms. The smallest absolute Gasteiger partial charge is 0.141 e. The van der Waals surface area contributed by atoms with E-state index >= 15 is 0 Å². The molecule has 1 heterocycles. The van der Waals surface area contributed by atoms with Crippen LogP contribution in [0.4, 0.5) is 5.69 Å². The summed E-state index contributed by atoms with van der Waals surface area (Å²) in [6, 6.07) is 3.39. The number of nitrogens with two attached hydrogens (primary N) is 1. The Hall–Kier alpha value is -1.55. The molecule has 0 fully saturated rings. The highest BCUT2D eigenvalue weighted by molar-refractivity contribution is 5.72. The van der Waals surface area contributed by atoms with Crippen molar-refractivity contribution in [3.05, 3.63) is 23.3 Å². The van der Waals surface area contributed by atoms with Gasteiger partial charge in [-0.25, -0.2) is 0 Å². The van der Waals surface area contributed by atoms with Crippen molar-refractivity contribution in [2.75, 3.05) is 19.9 Å². The van der Waals surface area contributed by atoms with E-state index < -0.39 is 0 Å². The van der Waals surface area contributed by atoms with Crippen LogP contribution in [0.5, 0.6) is 5.75 Å². The number of hydrogen-bond donors (Lipinski definition) is 1. The molecule has 1 aromatic carbocycles. The molecule has 2 N–H and O–H groups in total. The number of carbonyl (C=O) groups excluding carboxylic acids is 1. The molecule has 0 aromatic heterocycles. The average molecular weight is 206 g/mol. The van der Waals surface area contributed by atoms with E-state index in [2.05, 4.69) is 0 Å². The molecule has 0 radical (unpaired) electrons. The van der Waals surface area contributed by atoms with E-state index in [0.717, 1.165) is 23.2 Å². The van der Waals surface area contributed by atoms with Gasteiger partial charge in [0.15, 0.2) is 0 Å². The maximum Gasteiger partial charge on any atom is 0.141 e. The van der Waals surface area contributed by atoms with Gasteiger partial charge in [0.25, 0.3) is 0 Å². The second-order valence-corrected chi connectivity index (χ2v) is 3.75. The highest BCUT2D eigenvalue weighted by Gasteiger charge is 2.31. The zero-order chi connectivity index (χ0) is 11.0. The predicted octanol–water partition coefficient (Wildman–Crippen LogP) is 0.963. The number of ether oxygens (including phenoxy) is 1. The number of aldehydes is 1. The number of likely N-dealkylation sites (N-methyl/N-ethyl adjacent to an activating group) is 1. The number of nitrogens with zero attached hydrogens (tertiary/aromatic N) is 1. The van der Waals surface area contributed by atoms with Gasteiger partial charge in [-0.15, -0.1) is 0 Å². The topological polar surface area (TPSA) is 55.6 Å². The Bertz CT molecular complexity index is 404. The third kappa shape index (κ3) is 1.37. The second kappa shape index (κ2) is 3.55. The Morgan fingerprint density at radius 1 is 1.60 bits per heavy atom. The number of anilines is 1. The summed E-state index contributed by atoms with van der Waals surface area (Å²) < 4.78 is 5.26. The first-order chi connectivity index (χ1) is 7.19. The largest absolute Gasteiger partial charge is 0.496 e. The van der Waals surface area contributed by atoms with Crippen molar-refractivity contribution >= 4 is 12.0 Å². The third-order valence-corrected chi connectivity index (χ3v) is 2.87. The minimum absolute atomic E-state index is 0.241. The van der Waals surface area contributed by atoms with E-state index in [0.29, 0.717) is 12.2 Å². The average Bonchev–Trinajstić information content (AvgIpc) is 2.56. The van der Waals surface area contributed by atoms with E-state index in [-0.39, 0.29) is 6.04 Å². The van der Waals surface area contributed by atoms with Gasteiger partial charge in [0, 0.05) is 23.4 Å². The normalized spacial score (nSPS) is 20.0. The van der Waals surface area contributed by atoms with Crippen LogP contribution in [-0.2, 0) is 11.3 Å². The summed E-state index contributed by atoms with van der Waals surface area (Å²) in [5.41, 5.74) is 8.46. The molecule has 1 atom stereocenters. The van der Waals surface area contributed by atoms with Gasteiger partial charge in [-0.2, -0.15) is 0 Å². The van der Waals surface area contributed by atoms with E-state index in [1.807, 2.05) is 18.0 Å². The van der Waals surface area contributed by atoms with Gasteiger partial charge < -0.3 is 15.3 Å². The molecule has 0 spiro atoms. The molecule has 0 amide bonds. The molecule has 2 rings (SSSR count). The summed E-state index contributed by atoms with van der Waals surface area (Å²) >= 11 is 0. The molecular weight excluding hydrogens is 192 g/mol. The van der Waals surface area contributed by atoms with E-state index in [1.54, 1.807) is 13.2 Å². The van der Waals surface area contributed by atoms with E-state index in [4.69, 9.17) is 10.5 Å². The van der Waals surface area contributed by atoms with Crippen molar-refractivity contribution in [2.24, 2.45) is 0 Å². The lowest BCUT2D eigenvalue weighted by atomic mass is 10.0. The van der Waals surface area contributed by atoms with Crippen molar-refractivity contribution in [1.82, 2.24) is 4.90 Å². The lowest BCUT2D eigenvalue weighted by molar-refractivity contribution is -0.111. The van der Waals surface area contributed by atoms with Crippen molar-refractivity contribution in [2.45, 2.75) is 12.6 Å². The predicted molar refractivity (Wildman–Crippen MR) is 57.7 cm³/mol. The maximum atomic E-state index is 11.0. The fourth-order valence-electron chi connectivity index (χ4n) is 2.11. The second-order valence-electron chi connectivity index (χ2n) is 3.75. The third-order valence-electron chi connectivity index (χ3n) is 2.87. The molecule has 80 valence electrons. The van der Waals surface area contributed by atoms with Gasteiger partial charge in [0.1, 0.15) is 12.0 Å². The summed E-state index contributed by atoms with van der Waals surface area (Å²) in [4.78, 5) is 12.9. The molecule has 1 aromatic rings. The van der Waals surface area contributed by atoms with Gasteiger partial charge in [-0.05, 0) is 19.2 Å². The Balaban J connectivity index is 2.60. The van der Waals surface area contributed by atoms with Crippen LogP contribution in [-0.4, -0.2) is 25.3 Å². The van der Waals surface area contributed by atoms with E-state index in [1.165, 1.54) is 0 Å². The van der Waals surface area contributed by atoms with Crippen LogP contribution in [0.3, 0.4) is 0 Å². The van der Waals surface area contributed by atoms with Crippen LogP contribution in [0.25, 0.3) is 0 Å². The van der Waals surface area contributed by atoms with Crippen molar-refractivity contribution < 1.29 is 9.53 Å². The molecule has 4 nitrogen and oxygen atoms in total. The number of rotatable bonds is 2. The molecule has 1 aliphatic heterocycles. The summed E-state index contributed by atoms with van der Waals surface area (Å²) in [6.07, 6.45) is 0.918. The molecule has 4 heteroatoms. The van der Waals surface area contributed by atoms with Gasteiger partial charge in [0.2, 0.25) is 0 Å². The Morgan fingerprint density at radius 2 is 2.33 bits per heavy atom. The highest BCUT2D eigenvalue weighted by atomic mass is 16.5. The molecule has 0 saturated heterocycles. The Labute approximate surface area is 88.6 Å².